The van der Waals surface area contributed by atoms with E-state index < -0.39 is 0 Å². The van der Waals surface area contributed by atoms with Crippen LogP contribution in [-0.4, -0.2) is 45.8 Å². The van der Waals surface area contributed by atoms with Gasteiger partial charge < -0.3 is 5.32 Å². The summed E-state index contributed by atoms with van der Waals surface area (Å²) in [7, 11) is 0. The molecule has 1 saturated heterocycles. The van der Waals surface area contributed by atoms with Crippen molar-refractivity contribution in [3.63, 3.8) is 0 Å². The molecule has 1 aliphatic rings. The van der Waals surface area contributed by atoms with Crippen LogP contribution < -0.4 is 5.32 Å². The zero-order valence-electron chi connectivity index (χ0n) is 10.9. The highest BCUT2D eigenvalue weighted by atomic mass is 15.3. The van der Waals surface area contributed by atoms with Gasteiger partial charge in [-0.1, -0.05) is 13.8 Å². The number of nitrogens with zero attached hydrogens (tertiary/aromatic N) is 4. The van der Waals surface area contributed by atoms with Gasteiger partial charge in [-0.25, -0.2) is 9.67 Å². The number of nitrogens with one attached hydrogen (secondary N) is 1. The zero-order valence-corrected chi connectivity index (χ0v) is 10.9. The lowest BCUT2D eigenvalue weighted by Gasteiger charge is -2.19. The summed E-state index contributed by atoms with van der Waals surface area (Å²) in [6, 6.07) is 0. The third-order valence-electron chi connectivity index (χ3n) is 3.03. The molecule has 1 fully saturated rings. The summed E-state index contributed by atoms with van der Waals surface area (Å²) in [5.74, 6) is 1.71. The van der Waals surface area contributed by atoms with E-state index in [0.29, 0.717) is 5.92 Å². The van der Waals surface area contributed by atoms with Crippen LogP contribution in [0.2, 0.25) is 0 Å². The van der Waals surface area contributed by atoms with Gasteiger partial charge in [-0.15, -0.1) is 0 Å². The maximum atomic E-state index is 4.38. The Balaban J connectivity index is 1.94. The Hall–Kier alpha value is -0.940. The Morgan fingerprint density at radius 1 is 1.35 bits per heavy atom. The number of hydrogen-bond donors (Lipinski definition) is 1. The van der Waals surface area contributed by atoms with Crippen molar-refractivity contribution in [3.8, 4) is 0 Å². The zero-order chi connectivity index (χ0) is 12.1. The van der Waals surface area contributed by atoms with Gasteiger partial charge in [0.25, 0.3) is 0 Å². The molecule has 0 bridgehead atoms. The highest BCUT2D eigenvalue weighted by Gasteiger charge is 2.13. The highest BCUT2D eigenvalue weighted by Crippen LogP contribution is 2.06. The van der Waals surface area contributed by atoms with Crippen molar-refractivity contribution in [1.29, 1.82) is 0 Å². The summed E-state index contributed by atoms with van der Waals surface area (Å²) in [5.41, 5.74) is 0. The van der Waals surface area contributed by atoms with Crippen molar-refractivity contribution in [1.82, 2.24) is 25.0 Å². The van der Waals surface area contributed by atoms with Crippen molar-refractivity contribution in [2.24, 2.45) is 5.92 Å². The number of rotatable bonds is 4. The monoisotopic (exact) mass is 237 g/mol. The molecule has 0 aromatic carbocycles. The molecule has 1 aromatic heterocycles. The molecule has 2 heterocycles. The van der Waals surface area contributed by atoms with Crippen LogP contribution in [0.1, 0.15) is 26.1 Å². The summed E-state index contributed by atoms with van der Waals surface area (Å²) in [6.07, 6.45) is 2.89. The first-order valence-electron chi connectivity index (χ1n) is 6.55. The van der Waals surface area contributed by atoms with Gasteiger partial charge in [0, 0.05) is 19.6 Å². The molecule has 0 unspecified atom stereocenters. The van der Waals surface area contributed by atoms with E-state index in [-0.39, 0.29) is 0 Å². The molecule has 17 heavy (non-hydrogen) atoms. The molecule has 96 valence electrons. The van der Waals surface area contributed by atoms with E-state index >= 15 is 0 Å². The van der Waals surface area contributed by atoms with Crippen LogP contribution in [0.3, 0.4) is 0 Å². The first-order valence-corrected chi connectivity index (χ1v) is 6.55. The topological polar surface area (TPSA) is 46.0 Å². The van der Waals surface area contributed by atoms with Crippen LogP contribution >= 0.6 is 0 Å². The first kappa shape index (κ1) is 12.5. The van der Waals surface area contributed by atoms with Gasteiger partial charge in [0.2, 0.25) is 0 Å². The second-order valence-electron chi connectivity index (χ2n) is 5.13. The van der Waals surface area contributed by atoms with Crippen LogP contribution in [0.5, 0.6) is 0 Å². The largest absolute Gasteiger partial charge is 0.315 e. The van der Waals surface area contributed by atoms with Gasteiger partial charge in [0.15, 0.2) is 0 Å². The van der Waals surface area contributed by atoms with Crippen LogP contribution in [-0.2, 0) is 13.1 Å². The Bertz CT molecular complexity index is 325. The molecule has 0 aliphatic carbocycles. The minimum Gasteiger partial charge on any atom is -0.315 e. The van der Waals surface area contributed by atoms with E-state index in [4.69, 9.17) is 0 Å². The molecule has 0 saturated carbocycles. The molecule has 1 aliphatic heterocycles. The third-order valence-corrected chi connectivity index (χ3v) is 3.03. The molecule has 5 heteroatoms. The summed E-state index contributed by atoms with van der Waals surface area (Å²) in [5, 5.41) is 7.73. The molecule has 0 spiro atoms. The van der Waals surface area contributed by atoms with Crippen molar-refractivity contribution in [3.05, 3.63) is 12.2 Å². The molecule has 0 radical (unpaired) electrons. The van der Waals surface area contributed by atoms with Crippen LogP contribution in [0.25, 0.3) is 0 Å². The second-order valence-corrected chi connectivity index (χ2v) is 5.13. The lowest BCUT2D eigenvalue weighted by atomic mass is 10.2. The number of hydrogen-bond acceptors (Lipinski definition) is 4. The van der Waals surface area contributed by atoms with Crippen LogP contribution in [0.15, 0.2) is 6.33 Å². The lowest BCUT2D eigenvalue weighted by molar-refractivity contribution is 0.268. The maximum Gasteiger partial charge on any atom is 0.141 e. The van der Waals surface area contributed by atoms with Crippen molar-refractivity contribution >= 4 is 0 Å². The molecule has 1 aromatic rings. The van der Waals surface area contributed by atoms with E-state index in [1.807, 2.05) is 4.68 Å². The molecule has 0 amide bonds. The fourth-order valence-corrected chi connectivity index (χ4v) is 2.17. The average molecular weight is 237 g/mol. The minimum absolute atomic E-state index is 0.612. The van der Waals surface area contributed by atoms with E-state index in [2.05, 4.69) is 34.1 Å². The minimum atomic E-state index is 0.612. The van der Waals surface area contributed by atoms with Gasteiger partial charge in [-0.2, -0.15) is 5.10 Å². The molecule has 1 N–H and O–H groups in total. The Morgan fingerprint density at radius 2 is 2.24 bits per heavy atom. The molecule has 2 rings (SSSR count). The van der Waals surface area contributed by atoms with E-state index in [1.165, 1.54) is 6.42 Å². The molecule has 0 atom stereocenters. The fourth-order valence-electron chi connectivity index (χ4n) is 2.17. The summed E-state index contributed by atoms with van der Waals surface area (Å²) in [4.78, 5) is 6.84. The van der Waals surface area contributed by atoms with Crippen molar-refractivity contribution in [2.75, 3.05) is 26.2 Å². The summed E-state index contributed by atoms with van der Waals surface area (Å²) < 4.78 is 2.04. The van der Waals surface area contributed by atoms with Gasteiger partial charge in [0.1, 0.15) is 12.2 Å². The first-order chi connectivity index (χ1) is 8.25. The third kappa shape index (κ3) is 3.78. The lowest BCUT2D eigenvalue weighted by Crippen LogP contribution is -2.29. The Labute approximate surface area is 103 Å². The van der Waals surface area contributed by atoms with Crippen molar-refractivity contribution < 1.29 is 0 Å². The normalized spacial score (nSPS) is 18.5. The van der Waals surface area contributed by atoms with Gasteiger partial charge >= 0.3 is 0 Å². The smallest absolute Gasteiger partial charge is 0.141 e. The van der Waals surface area contributed by atoms with E-state index in [0.717, 1.165) is 45.1 Å². The van der Waals surface area contributed by atoms with Crippen molar-refractivity contribution in [2.45, 2.75) is 33.4 Å². The fraction of sp³-hybridized carbons (Fsp3) is 0.833. The quantitative estimate of drug-likeness (QED) is 0.838. The van der Waals surface area contributed by atoms with E-state index in [1.54, 1.807) is 6.33 Å². The van der Waals surface area contributed by atoms with Crippen LogP contribution in [0, 0.1) is 5.92 Å². The maximum absolute atomic E-state index is 4.38. The van der Waals surface area contributed by atoms with Gasteiger partial charge in [-0.3, -0.25) is 4.90 Å². The molecule has 5 nitrogen and oxygen atoms in total. The van der Waals surface area contributed by atoms with Gasteiger partial charge in [0.05, 0.1) is 6.54 Å². The second kappa shape index (κ2) is 6.12. The predicted octanol–water partition coefficient (Wildman–Crippen LogP) is 0.729. The van der Waals surface area contributed by atoms with Gasteiger partial charge in [-0.05, 0) is 25.4 Å². The van der Waals surface area contributed by atoms with Crippen LogP contribution in [0.4, 0.5) is 0 Å². The SMILES string of the molecule is CC(C)Cn1ncnc1CN1CCCNCC1. The predicted molar refractivity (Wildman–Crippen MR) is 67.6 cm³/mol. The average Bonchev–Trinajstić information content (AvgIpc) is 2.55. The Kier molecular flexibility index (Phi) is 4.50. The Morgan fingerprint density at radius 3 is 3.06 bits per heavy atom. The number of aromatic nitrogens is 3. The standard InChI is InChI=1S/C12H23N5/c1-11(2)8-17-12(14-10-15-17)9-16-6-3-4-13-5-7-16/h10-11,13H,3-9H2,1-2H3. The highest BCUT2D eigenvalue weighted by molar-refractivity contribution is 4.85. The molecular formula is C12H23N5. The summed E-state index contributed by atoms with van der Waals surface area (Å²) >= 11 is 0. The molecular weight excluding hydrogens is 214 g/mol. The summed E-state index contributed by atoms with van der Waals surface area (Å²) in [6.45, 7) is 10.8. The van der Waals surface area contributed by atoms with E-state index in [9.17, 15) is 0 Å².